The number of nitrogens with zero attached hydrogens (tertiary/aromatic N) is 2. The van der Waals surface area contributed by atoms with Gasteiger partial charge in [0.2, 0.25) is 0 Å². The molecule has 1 saturated heterocycles. The van der Waals surface area contributed by atoms with Gasteiger partial charge in [-0.1, -0.05) is 30.2 Å². The fraction of sp³-hybridized carbons (Fsp3) is 0.348. The van der Waals surface area contributed by atoms with Gasteiger partial charge in [0, 0.05) is 10.7 Å². The normalized spacial score (nSPS) is 16.1. The Hall–Kier alpha value is -2.50. The SMILES string of the molecule is Cc1cc(O)c(C(c2ccc(Cl)cc2)N2CCCCC2)c(=O)n1Cc1ccco1. The molecule has 1 aliphatic heterocycles. The van der Waals surface area contributed by atoms with Crippen LogP contribution >= 0.6 is 11.6 Å². The Balaban J connectivity index is 1.85. The van der Waals surface area contributed by atoms with E-state index in [1.807, 2.05) is 37.3 Å². The maximum absolute atomic E-state index is 13.6. The minimum Gasteiger partial charge on any atom is -0.507 e. The zero-order valence-corrected chi connectivity index (χ0v) is 17.2. The Morgan fingerprint density at radius 3 is 2.52 bits per heavy atom. The number of aromatic hydroxyl groups is 1. The molecule has 2 aromatic heterocycles. The number of benzene rings is 1. The average Bonchev–Trinajstić information content (AvgIpc) is 3.23. The van der Waals surface area contributed by atoms with E-state index in [9.17, 15) is 9.90 Å². The molecule has 0 aliphatic carbocycles. The Morgan fingerprint density at radius 1 is 1.14 bits per heavy atom. The third-order valence-corrected chi connectivity index (χ3v) is 5.88. The van der Waals surface area contributed by atoms with E-state index >= 15 is 0 Å². The van der Waals surface area contributed by atoms with Crippen molar-refractivity contribution < 1.29 is 9.52 Å². The monoisotopic (exact) mass is 412 g/mol. The smallest absolute Gasteiger partial charge is 0.260 e. The molecular formula is C23H25ClN2O3. The second kappa shape index (κ2) is 8.47. The predicted octanol–water partition coefficient (Wildman–Crippen LogP) is 4.73. The number of hydrogen-bond acceptors (Lipinski definition) is 4. The first-order chi connectivity index (χ1) is 14.0. The summed E-state index contributed by atoms with van der Waals surface area (Å²) in [6, 6.07) is 12.6. The fourth-order valence-corrected chi connectivity index (χ4v) is 4.29. The van der Waals surface area contributed by atoms with Gasteiger partial charge in [-0.3, -0.25) is 9.69 Å². The van der Waals surface area contributed by atoms with Gasteiger partial charge in [-0.25, -0.2) is 0 Å². The summed E-state index contributed by atoms with van der Waals surface area (Å²) in [5, 5.41) is 11.5. The van der Waals surface area contributed by atoms with E-state index < -0.39 is 0 Å². The van der Waals surface area contributed by atoms with E-state index in [0.29, 0.717) is 28.6 Å². The summed E-state index contributed by atoms with van der Waals surface area (Å²) in [7, 11) is 0. The molecule has 1 atom stereocenters. The second-order valence-electron chi connectivity index (χ2n) is 7.61. The van der Waals surface area contributed by atoms with Crippen LogP contribution in [0.3, 0.4) is 0 Å². The zero-order valence-electron chi connectivity index (χ0n) is 16.5. The van der Waals surface area contributed by atoms with Gasteiger partial charge in [-0.15, -0.1) is 0 Å². The molecule has 1 aromatic carbocycles. The van der Waals surface area contributed by atoms with Crippen molar-refractivity contribution >= 4 is 11.6 Å². The van der Waals surface area contributed by atoms with Gasteiger partial charge in [0.1, 0.15) is 11.5 Å². The summed E-state index contributed by atoms with van der Waals surface area (Å²) in [6.07, 6.45) is 4.95. The van der Waals surface area contributed by atoms with Gasteiger partial charge < -0.3 is 14.1 Å². The molecule has 1 aliphatic rings. The van der Waals surface area contributed by atoms with Crippen LogP contribution in [0, 0.1) is 6.92 Å². The summed E-state index contributed by atoms with van der Waals surface area (Å²) < 4.78 is 7.11. The minimum atomic E-state index is -0.316. The van der Waals surface area contributed by atoms with Crippen molar-refractivity contribution in [3.05, 3.63) is 86.7 Å². The van der Waals surface area contributed by atoms with E-state index in [-0.39, 0.29) is 17.4 Å². The number of hydrogen-bond donors (Lipinski definition) is 1. The quantitative estimate of drug-likeness (QED) is 0.658. The molecule has 29 heavy (non-hydrogen) atoms. The number of rotatable bonds is 5. The average molecular weight is 413 g/mol. The molecule has 1 fully saturated rings. The highest BCUT2D eigenvalue weighted by Gasteiger charge is 2.30. The van der Waals surface area contributed by atoms with Crippen molar-refractivity contribution in [3.8, 4) is 5.75 Å². The molecule has 0 saturated carbocycles. The number of piperidine rings is 1. The standard InChI is InChI=1S/C23H25ClN2O3/c1-16-14-20(27)21(23(28)26(16)15-19-6-5-13-29-19)22(25-11-3-2-4-12-25)17-7-9-18(24)10-8-17/h5-10,13-14,22,27H,2-4,11-12,15H2,1H3. The lowest BCUT2D eigenvalue weighted by Gasteiger charge is -2.35. The lowest BCUT2D eigenvalue weighted by Crippen LogP contribution is -2.38. The van der Waals surface area contributed by atoms with Crippen molar-refractivity contribution in [1.29, 1.82) is 0 Å². The van der Waals surface area contributed by atoms with Crippen molar-refractivity contribution in [1.82, 2.24) is 9.47 Å². The summed E-state index contributed by atoms with van der Waals surface area (Å²) in [5.41, 5.74) is 1.87. The fourth-order valence-electron chi connectivity index (χ4n) is 4.16. The molecule has 0 bridgehead atoms. The van der Waals surface area contributed by atoms with Gasteiger partial charge >= 0.3 is 0 Å². The molecule has 6 heteroatoms. The molecule has 1 unspecified atom stereocenters. The Labute approximate surface area is 175 Å². The molecule has 1 N–H and O–H groups in total. The highest BCUT2D eigenvalue weighted by atomic mass is 35.5. The van der Waals surface area contributed by atoms with Crippen LogP contribution in [0.25, 0.3) is 0 Å². The summed E-state index contributed by atoms with van der Waals surface area (Å²) in [4.78, 5) is 15.9. The van der Waals surface area contributed by atoms with E-state index in [0.717, 1.165) is 31.5 Å². The molecule has 0 amide bonds. The highest BCUT2D eigenvalue weighted by Crippen LogP contribution is 2.34. The van der Waals surface area contributed by atoms with Gasteiger partial charge in [0.15, 0.2) is 0 Å². The largest absolute Gasteiger partial charge is 0.507 e. The van der Waals surface area contributed by atoms with E-state index in [2.05, 4.69) is 4.90 Å². The maximum atomic E-state index is 13.6. The van der Waals surface area contributed by atoms with Crippen molar-refractivity contribution in [2.45, 2.75) is 38.8 Å². The Kier molecular flexibility index (Phi) is 5.79. The first-order valence-corrected chi connectivity index (χ1v) is 10.4. The van der Waals surface area contributed by atoms with Gasteiger partial charge in [0.05, 0.1) is 24.4 Å². The Morgan fingerprint density at radius 2 is 1.86 bits per heavy atom. The van der Waals surface area contributed by atoms with E-state index in [4.69, 9.17) is 16.0 Å². The summed E-state index contributed by atoms with van der Waals surface area (Å²) >= 11 is 6.10. The maximum Gasteiger partial charge on any atom is 0.260 e. The molecular weight excluding hydrogens is 388 g/mol. The van der Waals surface area contributed by atoms with Crippen LogP contribution in [-0.4, -0.2) is 27.7 Å². The van der Waals surface area contributed by atoms with Crippen molar-refractivity contribution in [3.63, 3.8) is 0 Å². The van der Waals surface area contributed by atoms with Crippen LogP contribution in [-0.2, 0) is 6.54 Å². The molecule has 3 aromatic rings. The van der Waals surface area contributed by atoms with Crippen LogP contribution in [0.5, 0.6) is 5.75 Å². The van der Waals surface area contributed by atoms with Crippen LogP contribution in [0.15, 0.2) is 57.9 Å². The number of likely N-dealkylation sites (tertiary alicyclic amines) is 1. The zero-order chi connectivity index (χ0) is 20.4. The number of aryl methyl sites for hydroxylation is 1. The second-order valence-corrected chi connectivity index (χ2v) is 8.04. The lowest BCUT2D eigenvalue weighted by atomic mass is 9.94. The van der Waals surface area contributed by atoms with Crippen molar-refractivity contribution in [2.24, 2.45) is 0 Å². The summed E-state index contributed by atoms with van der Waals surface area (Å²) in [6.45, 7) is 3.93. The van der Waals surface area contributed by atoms with Crippen LogP contribution in [0.1, 0.15) is 47.9 Å². The van der Waals surface area contributed by atoms with Gasteiger partial charge in [-0.05, 0) is 68.8 Å². The lowest BCUT2D eigenvalue weighted by molar-refractivity contribution is 0.183. The minimum absolute atomic E-state index is 0.0359. The predicted molar refractivity (Wildman–Crippen MR) is 114 cm³/mol. The molecule has 152 valence electrons. The number of aromatic nitrogens is 1. The summed E-state index contributed by atoms with van der Waals surface area (Å²) in [5.74, 6) is 0.738. The molecule has 3 heterocycles. The van der Waals surface area contributed by atoms with Crippen LogP contribution in [0.4, 0.5) is 0 Å². The van der Waals surface area contributed by atoms with Crippen molar-refractivity contribution in [2.75, 3.05) is 13.1 Å². The molecule has 0 spiro atoms. The first-order valence-electron chi connectivity index (χ1n) is 10.00. The molecule has 5 nitrogen and oxygen atoms in total. The van der Waals surface area contributed by atoms with E-state index in [1.165, 1.54) is 6.42 Å². The van der Waals surface area contributed by atoms with E-state index in [1.54, 1.807) is 23.0 Å². The molecule has 4 rings (SSSR count). The third kappa shape index (κ3) is 4.11. The third-order valence-electron chi connectivity index (χ3n) is 5.63. The van der Waals surface area contributed by atoms with Gasteiger partial charge in [0.25, 0.3) is 5.56 Å². The Bertz CT molecular complexity index is 1020. The van der Waals surface area contributed by atoms with Crippen LogP contribution in [0.2, 0.25) is 5.02 Å². The highest BCUT2D eigenvalue weighted by molar-refractivity contribution is 6.30. The van der Waals surface area contributed by atoms with Crippen LogP contribution < -0.4 is 5.56 Å². The topological polar surface area (TPSA) is 58.6 Å². The number of furan rings is 1. The number of pyridine rings is 1. The molecule has 0 radical (unpaired) electrons. The van der Waals surface area contributed by atoms with Gasteiger partial charge in [-0.2, -0.15) is 0 Å². The first kappa shape index (κ1) is 19.8. The number of halogens is 1.